The number of hydrogen-bond donors (Lipinski definition) is 4. The van der Waals surface area contributed by atoms with Crippen LogP contribution in [-0.2, 0) is 14.4 Å². The number of halogens is 1. The van der Waals surface area contributed by atoms with E-state index in [4.69, 9.17) is 16.7 Å². The fourth-order valence-corrected chi connectivity index (χ4v) is 7.57. The maximum absolute atomic E-state index is 13.0. The van der Waals surface area contributed by atoms with Gasteiger partial charge >= 0.3 is 5.97 Å². The van der Waals surface area contributed by atoms with Crippen molar-refractivity contribution in [1.29, 1.82) is 0 Å². The number of fused-ring (bicyclic) bond motifs is 5. The number of aliphatic hydroxyl groups is 3. The number of hydrogen-bond acceptors (Lipinski definition) is 6. The van der Waals surface area contributed by atoms with E-state index in [9.17, 15) is 29.7 Å². The van der Waals surface area contributed by atoms with Crippen LogP contribution in [0.2, 0.25) is 0 Å². The molecule has 1 unspecified atom stereocenters. The number of carboxylic acid groups (broad SMARTS) is 1. The van der Waals surface area contributed by atoms with Crippen molar-refractivity contribution in [3.8, 4) is 0 Å². The highest BCUT2D eigenvalue weighted by Gasteiger charge is 2.68. The molecule has 4 rings (SSSR count). The summed E-state index contributed by atoms with van der Waals surface area (Å²) in [5.74, 6) is -2.82. The number of aliphatic carboxylic acids is 1. The number of Topliss-reactive ketones (excluding diaryl/α,β-unsaturated/α-hetero) is 1. The zero-order chi connectivity index (χ0) is 22.9. The molecule has 0 aromatic carbocycles. The van der Waals surface area contributed by atoms with Gasteiger partial charge < -0.3 is 20.4 Å². The predicted octanol–water partition coefficient (Wildman–Crippen LogP) is 1.97. The second-order valence-corrected chi connectivity index (χ2v) is 10.6. The molecule has 0 bridgehead atoms. The molecule has 0 aromatic rings. The first-order chi connectivity index (χ1) is 14.3. The molecule has 0 saturated heterocycles. The lowest BCUT2D eigenvalue weighted by atomic mass is 9.47. The standard InChI is InChI=1S/C23H29ClO7/c1-21-5-3-11(25)7-14(21)15(24)8-12-13-4-6-23(31,20(30)16(26)9-18(28)29)22(13,2)10-17(27)19(12)21/h7-8,12-13,16-17,19,26-27,31H,3-6,9-10H2,1-2H3,(H,28,29)/t12-,13-,16?,17-,19+,21-,22-,23-/m0/s1. The van der Waals surface area contributed by atoms with Gasteiger partial charge in [0.2, 0.25) is 0 Å². The monoisotopic (exact) mass is 452 g/mol. The van der Waals surface area contributed by atoms with Gasteiger partial charge in [-0.15, -0.1) is 0 Å². The van der Waals surface area contributed by atoms with Gasteiger partial charge in [-0.05, 0) is 49.2 Å². The number of aliphatic hydroxyl groups excluding tert-OH is 2. The average molecular weight is 453 g/mol. The summed E-state index contributed by atoms with van der Waals surface area (Å²) in [4.78, 5) is 36.0. The molecule has 31 heavy (non-hydrogen) atoms. The van der Waals surface area contributed by atoms with Gasteiger partial charge in [0.05, 0.1) is 12.5 Å². The molecule has 8 atom stereocenters. The van der Waals surface area contributed by atoms with Crippen LogP contribution in [0.3, 0.4) is 0 Å². The Labute approximate surface area is 185 Å². The lowest BCUT2D eigenvalue weighted by Crippen LogP contribution is -2.62. The minimum absolute atomic E-state index is 0.0147. The Morgan fingerprint density at radius 3 is 2.61 bits per heavy atom. The van der Waals surface area contributed by atoms with Gasteiger partial charge in [0.15, 0.2) is 11.6 Å². The quantitative estimate of drug-likeness (QED) is 0.512. The molecule has 170 valence electrons. The third-order valence-electron chi connectivity index (χ3n) is 8.73. The summed E-state index contributed by atoms with van der Waals surface area (Å²) in [6.07, 6.45) is 1.66. The van der Waals surface area contributed by atoms with Crippen molar-refractivity contribution in [3.63, 3.8) is 0 Å². The maximum Gasteiger partial charge on any atom is 0.306 e. The van der Waals surface area contributed by atoms with Gasteiger partial charge in [-0.1, -0.05) is 31.5 Å². The van der Waals surface area contributed by atoms with Crippen molar-refractivity contribution >= 4 is 29.1 Å². The average Bonchev–Trinajstić information content (AvgIpc) is 2.93. The topological polar surface area (TPSA) is 132 Å². The number of allylic oxidation sites excluding steroid dienone is 4. The molecule has 0 aliphatic heterocycles. The van der Waals surface area contributed by atoms with Crippen molar-refractivity contribution in [2.24, 2.45) is 28.6 Å². The van der Waals surface area contributed by atoms with E-state index >= 15 is 0 Å². The second-order valence-electron chi connectivity index (χ2n) is 10.2. The van der Waals surface area contributed by atoms with Gasteiger partial charge in [-0.3, -0.25) is 14.4 Å². The van der Waals surface area contributed by atoms with E-state index in [1.807, 2.05) is 13.0 Å². The number of carbonyl (C=O) groups is 3. The highest BCUT2D eigenvalue weighted by atomic mass is 35.5. The lowest BCUT2D eigenvalue weighted by Gasteiger charge is -2.59. The first-order valence-electron chi connectivity index (χ1n) is 10.8. The zero-order valence-corrected chi connectivity index (χ0v) is 18.4. The molecular formula is C23H29ClO7. The molecule has 7 nitrogen and oxygen atoms in total. The van der Waals surface area contributed by atoms with Crippen LogP contribution in [-0.4, -0.2) is 55.8 Å². The summed E-state index contributed by atoms with van der Waals surface area (Å²) in [6.45, 7) is 3.77. The van der Waals surface area contributed by atoms with Crippen molar-refractivity contribution in [2.75, 3.05) is 0 Å². The first kappa shape index (κ1) is 22.6. The summed E-state index contributed by atoms with van der Waals surface area (Å²) in [5.41, 5.74) is -2.72. The van der Waals surface area contributed by atoms with E-state index in [0.717, 1.165) is 5.57 Å². The van der Waals surface area contributed by atoms with E-state index < -0.39 is 46.8 Å². The van der Waals surface area contributed by atoms with Gasteiger partial charge in [-0.2, -0.15) is 0 Å². The predicted molar refractivity (Wildman–Crippen MR) is 111 cm³/mol. The third-order valence-corrected chi connectivity index (χ3v) is 9.06. The summed E-state index contributed by atoms with van der Waals surface area (Å²) >= 11 is 6.61. The Morgan fingerprint density at radius 1 is 1.29 bits per heavy atom. The number of carbonyl (C=O) groups excluding carboxylic acids is 2. The van der Waals surface area contributed by atoms with Crippen LogP contribution in [0.4, 0.5) is 0 Å². The summed E-state index contributed by atoms with van der Waals surface area (Å²) in [5, 5.41) is 42.4. The number of rotatable bonds is 4. The summed E-state index contributed by atoms with van der Waals surface area (Å²) < 4.78 is 0. The Hall–Kier alpha value is -1.54. The van der Waals surface area contributed by atoms with Crippen molar-refractivity contribution in [3.05, 3.63) is 22.8 Å². The van der Waals surface area contributed by atoms with Crippen LogP contribution in [0.15, 0.2) is 22.8 Å². The van der Waals surface area contributed by atoms with Gasteiger partial charge in [0, 0.05) is 28.2 Å². The number of carboxylic acids is 1. The largest absolute Gasteiger partial charge is 0.481 e. The van der Waals surface area contributed by atoms with E-state index in [2.05, 4.69) is 0 Å². The molecule has 2 saturated carbocycles. The maximum atomic E-state index is 13.0. The smallest absolute Gasteiger partial charge is 0.306 e. The SMILES string of the molecule is C[C@]12CCC(=O)C=C1C(Cl)=C[C@@H]1[C@@H]2[C@@H](O)C[C@@]2(C)[C@H]1CC[C@]2(O)C(=O)C(O)CC(=O)O. The van der Waals surface area contributed by atoms with E-state index in [0.29, 0.717) is 24.3 Å². The minimum Gasteiger partial charge on any atom is -0.481 e. The van der Waals surface area contributed by atoms with Crippen LogP contribution >= 0.6 is 11.6 Å². The van der Waals surface area contributed by atoms with Crippen LogP contribution in [0, 0.1) is 28.6 Å². The van der Waals surface area contributed by atoms with Crippen molar-refractivity contribution < 1.29 is 34.8 Å². The molecule has 2 fully saturated rings. The third kappa shape index (κ3) is 3.08. The second kappa shape index (κ2) is 7.24. The zero-order valence-electron chi connectivity index (χ0n) is 17.7. The van der Waals surface area contributed by atoms with Crippen molar-refractivity contribution in [1.82, 2.24) is 0 Å². The molecule has 4 aliphatic carbocycles. The van der Waals surface area contributed by atoms with Gasteiger partial charge in [-0.25, -0.2) is 0 Å². The number of ketones is 2. The molecule has 4 aliphatic rings. The van der Waals surface area contributed by atoms with E-state index in [-0.39, 0.29) is 36.4 Å². The van der Waals surface area contributed by atoms with Crippen LogP contribution < -0.4 is 0 Å². The van der Waals surface area contributed by atoms with Crippen LogP contribution in [0.25, 0.3) is 0 Å². The molecular weight excluding hydrogens is 424 g/mol. The van der Waals surface area contributed by atoms with Crippen LogP contribution in [0.1, 0.15) is 52.4 Å². The minimum atomic E-state index is -1.93. The lowest BCUT2D eigenvalue weighted by molar-refractivity contribution is -0.180. The Bertz CT molecular complexity index is 910. The van der Waals surface area contributed by atoms with Crippen LogP contribution in [0.5, 0.6) is 0 Å². The normalized spacial score (nSPS) is 45.0. The van der Waals surface area contributed by atoms with Crippen molar-refractivity contribution in [2.45, 2.75) is 70.2 Å². The van der Waals surface area contributed by atoms with Gasteiger partial charge in [0.25, 0.3) is 0 Å². The fourth-order valence-electron chi connectivity index (χ4n) is 7.15. The first-order valence-corrected chi connectivity index (χ1v) is 11.2. The summed E-state index contributed by atoms with van der Waals surface area (Å²) in [6, 6.07) is 0. The highest BCUT2D eigenvalue weighted by Crippen LogP contribution is 2.67. The Balaban J connectivity index is 1.75. The molecule has 0 aromatic heterocycles. The van der Waals surface area contributed by atoms with E-state index in [1.165, 1.54) is 0 Å². The van der Waals surface area contributed by atoms with E-state index in [1.54, 1.807) is 13.0 Å². The Morgan fingerprint density at radius 2 is 1.97 bits per heavy atom. The Kier molecular flexibility index (Phi) is 5.29. The van der Waals surface area contributed by atoms with Gasteiger partial charge in [0.1, 0.15) is 11.7 Å². The molecule has 0 amide bonds. The molecule has 0 radical (unpaired) electrons. The molecule has 0 spiro atoms. The molecule has 4 N–H and O–H groups in total. The highest BCUT2D eigenvalue weighted by molar-refractivity contribution is 6.32. The molecule has 8 heteroatoms. The summed E-state index contributed by atoms with van der Waals surface area (Å²) in [7, 11) is 0. The fraction of sp³-hybridized carbons (Fsp3) is 0.696. The molecule has 0 heterocycles.